The number of sulfone groups is 1. The van der Waals surface area contributed by atoms with Crippen molar-refractivity contribution in [2.45, 2.75) is 18.4 Å². The number of hydrogen-bond donors (Lipinski definition) is 2. The van der Waals surface area contributed by atoms with Crippen molar-refractivity contribution in [2.24, 2.45) is 4.99 Å². The molecule has 0 bridgehead atoms. The van der Waals surface area contributed by atoms with Crippen molar-refractivity contribution in [1.29, 1.82) is 0 Å². The van der Waals surface area contributed by atoms with E-state index in [9.17, 15) is 12.8 Å². The minimum atomic E-state index is -3.21. The van der Waals surface area contributed by atoms with Gasteiger partial charge in [-0.3, -0.25) is 4.99 Å². The topological polar surface area (TPSA) is 79.8 Å². The molecule has 0 spiro atoms. The first kappa shape index (κ1) is 24.2. The van der Waals surface area contributed by atoms with Crippen LogP contribution >= 0.6 is 24.0 Å². The fourth-order valence-corrected chi connectivity index (χ4v) is 2.90. The maximum Gasteiger partial charge on any atom is 0.191 e. The van der Waals surface area contributed by atoms with Gasteiger partial charge in [0, 0.05) is 19.8 Å². The Morgan fingerprint density at radius 3 is 2.39 bits per heavy atom. The van der Waals surface area contributed by atoms with Crippen molar-refractivity contribution in [3.63, 3.8) is 0 Å². The van der Waals surface area contributed by atoms with Crippen LogP contribution in [0.5, 0.6) is 5.75 Å². The zero-order chi connectivity index (χ0) is 19.9. The molecule has 0 radical (unpaired) electrons. The van der Waals surface area contributed by atoms with E-state index in [0.717, 1.165) is 11.8 Å². The molecule has 9 heteroatoms. The summed E-state index contributed by atoms with van der Waals surface area (Å²) in [5, 5.41) is 6.20. The molecule has 0 atom stereocenters. The average Bonchev–Trinajstić information content (AvgIpc) is 2.63. The Labute approximate surface area is 182 Å². The van der Waals surface area contributed by atoms with Gasteiger partial charge in [0.1, 0.15) is 18.2 Å². The number of aliphatic imine (C=N–C) groups is 1. The van der Waals surface area contributed by atoms with Crippen molar-refractivity contribution >= 4 is 39.8 Å². The van der Waals surface area contributed by atoms with Crippen LogP contribution in [0.4, 0.5) is 4.39 Å². The summed E-state index contributed by atoms with van der Waals surface area (Å²) in [7, 11) is -1.56. The van der Waals surface area contributed by atoms with Gasteiger partial charge in [-0.25, -0.2) is 12.8 Å². The SMILES string of the molecule is CN=C(NCCOc1ccc(S(C)(=O)=O)cc1)NCc1ccc(C)c(F)c1.I. The van der Waals surface area contributed by atoms with Gasteiger partial charge < -0.3 is 15.4 Å². The molecule has 0 unspecified atom stereocenters. The molecule has 2 N–H and O–H groups in total. The van der Waals surface area contributed by atoms with Gasteiger partial charge in [0.25, 0.3) is 0 Å². The van der Waals surface area contributed by atoms with E-state index in [0.29, 0.717) is 37.0 Å². The molecule has 0 fully saturated rings. The molecule has 0 saturated heterocycles. The fourth-order valence-electron chi connectivity index (χ4n) is 2.27. The van der Waals surface area contributed by atoms with Crippen LogP contribution in [0.15, 0.2) is 52.4 Å². The summed E-state index contributed by atoms with van der Waals surface area (Å²) in [4.78, 5) is 4.36. The predicted molar refractivity (Wildman–Crippen MR) is 120 cm³/mol. The third kappa shape index (κ3) is 7.63. The Morgan fingerprint density at radius 2 is 1.82 bits per heavy atom. The number of guanidine groups is 1. The van der Waals surface area contributed by atoms with Crippen LogP contribution in [0.3, 0.4) is 0 Å². The highest BCUT2D eigenvalue weighted by molar-refractivity contribution is 14.0. The summed E-state index contributed by atoms with van der Waals surface area (Å²) in [5.74, 6) is 0.932. The molecule has 6 nitrogen and oxygen atoms in total. The molecular weight excluding hydrogens is 496 g/mol. The Bertz CT molecular complexity index is 903. The van der Waals surface area contributed by atoms with E-state index in [4.69, 9.17) is 4.74 Å². The fraction of sp³-hybridized carbons (Fsp3) is 0.316. The Hall–Kier alpha value is -1.88. The monoisotopic (exact) mass is 521 g/mol. The van der Waals surface area contributed by atoms with E-state index in [1.807, 2.05) is 6.07 Å². The van der Waals surface area contributed by atoms with Gasteiger partial charge in [-0.2, -0.15) is 0 Å². The summed E-state index contributed by atoms with van der Waals surface area (Å²) < 4.78 is 42.0. The highest BCUT2D eigenvalue weighted by atomic mass is 127. The quantitative estimate of drug-likeness (QED) is 0.254. The molecule has 0 amide bonds. The molecule has 154 valence electrons. The molecule has 2 aromatic carbocycles. The van der Waals surface area contributed by atoms with Gasteiger partial charge in [-0.1, -0.05) is 12.1 Å². The molecular formula is C19H25FIN3O3S. The van der Waals surface area contributed by atoms with Gasteiger partial charge in [0.2, 0.25) is 0 Å². The van der Waals surface area contributed by atoms with Crippen LogP contribution in [0, 0.1) is 12.7 Å². The molecule has 2 rings (SSSR count). The first-order valence-electron chi connectivity index (χ1n) is 8.42. The summed E-state index contributed by atoms with van der Waals surface area (Å²) in [6.45, 7) is 3.04. The van der Waals surface area contributed by atoms with E-state index in [-0.39, 0.29) is 34.7 Å². The maximum atomic E-state index is 13.6. The zero-order valence-electron chi connectivity index (χ0n) is 16.0. The van der Waals surface area contributed by atoms with Crippen molar-refractivity contribution in [3.05, 3.63) is 59.4 Å². The predicted octanol–water partition coefficient (Wildman–Crippen LogP) is 2.90. The van der Waals surface area contributed by atoms with Gasteiger partial charge in [-0.05, 0) is 48.4 Å². The van der Waals surface area contributed by atoms with Gasteiger partial charge >= 0.3 is 0 Å². The zero-order valence-corrected chi connectivity index (χ0v) is 19.2. The number of nitrogens with one attached hydrogen (secondary N) is 2. The van der Waals surface area contributed by atoms with Gasteiger partial charge in [0.05, 0.1) is 11.4 Å². The summed E-state index contributed by atoms with van der Waals surface area (Å²) in [6, 6.07) is 11.4. The van der Waals surface area contributed by atoms with Crippen LogP contribution in [-0.2, 0) is 16.4 Å². The first-order chi connectivity index (χ1) is 12.8. The largest absolute Gasteiger partial charge is 0.492 e. The number of rotatable bonds is 7. The smallest absolute Gasteiger partial charge is 0.191 e. The molecule has 0 aliphatic rings. The number of benzene rings is 2. The summed E-state index contributed by atoms with van der Waals surface area (Å²) in [6.07, 6.45) is 1.16. The molecule has 0 aliphatic heterocycles. The van der Waals surface area contributed by atoms with E-state index in [1.165, 1.54) is 18.2 Å². The highest BCUT2D eigenvalue weighted by Gasteiger charge is 2.06. The summed E-state index contributed by atoms with van der Waals surface area (Å²) >= 11 is 0. The Kier molecular flexibility index (Phi) is 9.66. The lowest BCUT2D eigenvalue weighted by molar-refractivity contribution is 0.321. The van der Waals surface area contributed by atoms with Crippen molar-refractivity contribution in [1.82, 2.24) is 10.6 Å². The second kappa shape index (κ2) is 11.2. The van der Waals surface area contributed by atoms with Crippen molar-refractivity contribution in [2.75, 3.05) is 26.5 Å². The molecule has 2 aromatic rings. The number of nitrogens with zero attached hydrogens (tertiary/aromatic N) is 1. The Morgan fingerprint density at radius 1 is 1.14 bits per heavy atom. The third-order valence-corrected chi connectivity index (χ3v) is 4.96. The van der Waals surface area contributed by atoms with Crippen LogP contribution in [0.2, 0.25) is 0 Å². The second-order valence-corrected chi connectivity index (χ2v) is 8.04. The van der Waals surface area contributed by atoms with Gasteiger partial charge in [-0.15, -0.1) is 24.0 Å². The van der Waals surface area contributed by atoms with Crippen LogP contribution < -0.4 is 15.4 Å². The highest BCUT2D eigenvalue weighted by Crippen LogP contribution is 2.15. The van der Waals surface area contributed by atoms with E-state index in [2.05, 4.69) is 15.6 Å². The first-order valence-corrected chi connectivity index (χ1v) is 10.3. The van der Waals surface area contributed by atoms with Crippen LogP contribution in [0.25, 0.3) is 0 Å². The van der Waals surface area contributed by atoms with Crippen LogP contribution in [-0.4, -0.2) is 40.8 Å². The van der Waals surface area contributed by atoms with E-state index >= 15 is 0 Å². The van der Waals surface area contributed by atoms with Crippen molar-refractivity contribution < 1.29 is 17.5 Å². The minimum absolute atomic E-state index is 0. The molecule has 0 saturated carbocycles. The number of aryl methyl sites for hydroxylation is 1. The molecule has 0 heterocycles. The van der Waals surface area contributed by atoms with E-state index < -0.39 is 9.84 Å². The average molecular weight is 521 g/mol. The maximum absolute atomic E-state index is 13.6. The van der Waals surface area contributed by atoms with Gasteiger partial charge in [0.15, 0.2) is 15.8 Å². The molecule has 0 aromatic heterocycles. The minimum Gasteiger partial charge on any atom is -0.492 e. The second-order valence-electron chi connectivity index (χ2n) is 6.03. The lowest BCUT2D eigenvalue weighted by Gasteiger charge is -2.13. The normalized spacial score (nSPS) is 11.5. The number of halogens is 2. The third-order valence-electron chi connectivity index (χ3n) is 3.83. The number of ether oxygens (including phenoxy) is 1. The molecule has 0 aliphatic carbocycles. The Balaban J connectivity index is 0.00000392. The van der Waals surface area contributed by atoms with Crippen molar-refractivity contribution in [3.8, 4) is 5.75 Å². The lowest BCUT2D eigenvalue weighted by atomic mass is 10.1. The van der Waals surface area contributed by atoms with E-state index in [1.54, 1.807) is 32.2 Å². The lowest BCUT2D eigenvalue weighted by Crippen LogP contribution is -2.38. The van der Waals surface area contributed by atoms with Crippen LogP contribution in [0.1, 0.15) is 11.1 Å². The molecule has 28 heavy (non-hydrogen) atoms. The summed E-state index contributed by atoms with van der Waals surface area (Å²) in [5.41, 5.74) is 1.44. The standard InChI is InChI=1S/C19H24FN3O3S.HI/c1-14-4-5-15(12-18(14)20)13-23-19(21-2)22-10-11-26-16-6-8-17(9-7-16)27(3,24)25;/h4-9,12H,10-11,13H2,1-3H3,(H2,21,22,23);1H. The number of hydrogen-bond acceptors (Lipinski definition) is 4.